The van der Waals surface area contributed by atoms with Crippen LogP contribution in [0.1, 0.15) is 28.9 Å². The molecule has 0 amide bonds. The Bertz CT molecular complexity index is 422. The van der Waals surface area contributed by atoms with E-state index in [1.165, 1.54) is 6.20 Å². The summed E-state index contributed by atoms with van der Waals surface area (Å²) in [5.41, 5.74) is 1.56. The summed E-state index contributed by atoms with van der Waals surface area (Å²) in [6, 6.07) is 1.72. The van der Waals surface area contributed by atoms with Gasteiger partial charge in [-0.2, -0.15) is 0 Å². The molecule has 1 aromatic rings. The molecular weight excluding hydrogens is 204 g/mol. The minimum atomic E-state index is -0.980. The zero-order valence-electron chi connectivity index (χ0n) is 9.16. The van der Waals surface area contributed by atoms with Crippen LogP contribution in [0, 0.1) is 19.3 Å². The Kier molecular flexibility index (Phi) is 4.34. The van der Waals surface area contributed by atoms with E-state index in [1.807, 2.05) is 6.92 Å². The van der Waals surface area contributed by atoms with Crippen LogP contribution in [0.3, 0.4) is 0 Å². The van der Waals surface area contributed by atoms with E-state index in [9.17, 15) is 4.79 Å². The largest absolute Gasteiger partial charge is 0.478 e. The molecular formula is C12H14N2O2. The summed E-state index contributed by atoms with van der Waals surface area (Å²) >= 11 is 0. The first-order valence-electron chi connectivity index (χ1n) is 5.02. The first kappa shape index (κ1) is 12.1. The van der Waals surface area contributed by atoms with Gasteiger partial charge in [0.05, 0.1) is 5.69 Å². The van der Waals surface area contributed by atoms with E-state index in [2.05, 4.69) is 16.2 Å². The van der Waals surface area contributed by atoms with E-state index in [0.717, 1.165) is 12.1 Å². The van der Waals surface area contributed by atoms with Crippen molar-refractivity contribution < 1.29 is 9.90 Å². The summed E-state index contributed by atoms with van der Waals surface area (Å²) in [7, 11) is 0. The number of rotatable bonds is 5. The van der Waals surface area contributed by atoms with E-state index < -0.39 is 5.97 Å². The molecule has 0 atom stereocenters. The van der Waals surface area contributed by atoms with Crippen LogP contribution in [0.15, 0.2) is 12.3 Å². The topological polar surface area (TPSA) is 62.2 Å². The maximum absolute atomic E-state index is 10.9. The Labute approximate surface area is 94.7 Å². The Balaban J connectivity index is 2.73. The molecule has 0 fully saturated rings. The van der Waals surface area contributed by atoms with Gasteiger partial charge in [-0.05, 0) is 19.4 Å². The first-order valence-corrected chi connectivity index (χ1v) is 5.02. The normalized spacial score (nSPS) is 9.50. The van der Waals surface area contributed by atoms with Crippen molar-refractivity contribution in [3.05, 3.63) is 23.5 Å². The number of hydrogen-bond acceptors (Lipinski definition) is 3. The van der Waals surface area contributed by atoms with Crippen molar-refractivity contribution in [3.8, 4) is 12.3 Å². The second-order valence-corrected chi connectivity index (χ2v) is 3.41. The Morgan fingerprint density at radius 1 is 1.69 bits per heavy atom. The summed E-state index contributed by atoms with van der Waals surface area (Å²) in [6.07, 6.45) is 7.99. The summed E-state index contributed by atoms with van der Waals surface area (Å²) in [4.78, 5) is 14.9. The Morgan fingerprint density at radius 3 is 3.06 bits per heavy atom. The first-order chi connectivity index (χ1) is 7.65. The van der Waals surface area contributed by atoms with Crippen LogP contribution in [0.5, 0.6) is 0 Å². The molecule has 1 rings (SSSR count). The summed E-state index contributed by atoms with van der Waals surface area (Å²) in [5, 5.41) is 12.0. The van der Waals surface area contributed by atoms with Gasteiger partial charge in [-0.3, -0.25) is 4.98 Å². The van der Waals surface area contributed by atoms with Crippen molar-refractivity contribution in [1.82, 2.24) is 4.98 Å². The molecule has 4 heteroatoms. The number of aryl methyl sites for hydroxylation is 1. The van der Waals surface area contributed by atoms with Crippen molar-refractivity contribution in [2.45, 2.75) is 19.8 Å². The number of anilines is 1. The van der Waals surface area contributed by atoms with E-state index in [-0.39, 0.29) is 5.56 Å². The molecule has 0 unspecified atom stereocenters. The van der Waals surface area contributed by atoms with E-state index >= 15 is 0 Å². The van der Waals surface area contributed by atoms with Crippen molar-refractivity contribution in [2.75, 3.05) is 11.9 Å². The van der Waals surface area contributed by atoms with E-state index in [4.69, 9.17) is 11.5 Å². The van der Waals surface area contributed by atoms with Crippen LogP contribution in [-0.2, 0) is 0 Å². The lowest BCUT2D eigenvalue weighted by molar-refractivity contribution is 0.0697. The lowest BCUT2D eigenvalue weighted by atomic mass is 10.2. The average Bonchev–Trinajstić information content (AvgIpc) is 2.24. The third-order valence-corrected chi connectivity index (χ3v) is 2.08. The van der Waals surface area contributed by atoms with Gasteiger partial charge >= 0.3 is 5.97 Å². The van der Waals surface area contributed by atoms with Crippen molar-refractivity contribution in [1.29, 1.82) is 0 Å². The quantitative estimate of drug-likeness (QED) is 0.585. The number of carboxylic acids is 1. The van der Waals surface area contributed by atoms with Gasteiger partial charge in [-0.1, -0.05) is 0 Å². The molecule has 0 aromatic carbocycles. The predicted molar refractivity (Wildman–Crippen MR) is 62.5 cm³/mol. The van der Waals surface area contributed by atoms with Crippen LogP contribution in [0.4, 0.5) is 5.69 Å². The van der Waals surface area contributed by atoms with Crippen LogP contribution in [-0.4, -0.2) is 22.6 Å². The monoisotopic (exact) mass is 218 g/mol. The lowest BCUT2D eigenvalue weighted by Gasteiger charge is -2.09. The highest BCUT2D eigenvalue weighted by Crippen LogP contribution is 2.15. The fraction of sp³-hybridized carbons (Fsp3) is 0.333. The van der Waals surface area contributed by atoms with E-state index in [0.29, 0.717) is 18.7 Å². The average molecular weight is 218 g/mol. The van der Waals surface area contributed by atoms with Crippen LogP contribution < -0.4 is 5.32 Å². The van der Waals surface area contributed by atoms with Gasteiger partial charge in [0.25, 0.3) is 0 Å². The molecule has 16 heavy (non-hydrogen) atoms. The van der Waals surface area contributed by atoms with Gasteiger partial charge in [0.15, 0.2) is 0 Å². The molecule has 84 valence electrons. The van der Waals surface area contributed by atoms with Crippen molar-refractivity contribution in [3.63, 3.8) is 0 Å². The number of unbranched alkanes of at least 4 members (excludes halogenated alkanes) is 1. The van der Waals surface area contributed by atoms with E-state index in [1.54, 1.807) is 6.07 Å². The molecule has 4 nitrogen and oxygen atoms in total. The number of pyridine rings is 1. The number of nitrogens with zero attached hydrogens (tertiary/aromatic N) is 1. The zero-order chi connectivity index (χ0) is 12.0. The van der Waals surface area contributed by atoms with Gasteiger partial charge in [0.2, 0.25) is 0 Å². The smallest absolute Gasteiger partial charge is 0.339 e. The van der Waals surface area contributed by atoms with Gasteiger partial charge in [0, 0.05) is 24.9 Å². The molecule has 1 aromatic heterocycles. The highest BCUT2D eigenvalue weighted by molar-refractivity contribution is 5.93. The lowest BCUT2D eigenvalue weighted by Crippen LogP contribution is -2.08. The second-order valence-electron chi connectivity index (χ2n) is 3.41. The SMILES string of the molecule is C#CCCCNc1cc(C)ncc1C(=O)O. The molecule has 1 heterocycles. The second kappa shape index (κ2) is 5.76. The summed E-state index contributed by atoms with van der Waals surface area (Å²) in [6.45, 7) is 2.48. The summed E-state index contributed by atoms with van der Waals surface area (Å²) < 4.78 is 0. The molecule has 0 aliphatic carbocycles. The molecule has 2 N–H and O–H groups in total. The molecule has 0 aliphatic heterocycles. The maximum Gasteiger partial charge on any atom is 0.339 e. The molecule has 0 saturated heterocycles. The number of carbonyl (C=O) groups is 1. The highest BCUT2D eigenvalue weighted by atomic mass is 16.4. The number of carboxylic acid groups (broad SMARTS) is 1. The number of nitrogens with one attached hydrogen (secondary N) is 1. The van der Waals surface area contributed by atoms with Crippen molar-refractivity contribution in [2.24, 2.45) is 0 Å². The van der Waals surface area contributed by atoms with Crippen molar-refractivity contribution >= 4 is 11.7 Å². The molecule has 0 aliphatic rings. The number of hydrogen-bond donors (Lipinski definition) is 2. The fourth-order valence-corrected chi connectivity index (χ4v) is 1.29. The van der Waals surface area contributed by atoms with Gasteiger partial charge < -0.3 is 10.4 Å². The highest BCUT2D eigenvalue weighted by Gasteiger charge is 2.09. The minimum absolute atomic E-state index is 0.186. The fourth-order valence-electron chi connectivity index (χ4n) is 1.29. The maximum atomic E-state index is 10.9. The number of aromatic nitrogens is 1. The van der Waals surface area contributed by atoms with Crippen LogP contribution in [0.2, 0.25) is 0 Å². The van der Waals surface area contributed by atoms with Crippen LogP contribution >= 0.6 is 0 Å². The third kappa shape index (κ3) is 3.28. The van der Waals surface area contributed by atoms with Crippen LogP contribution in [0.25, 0.3) is 0 Å². The minimum Gasteiger partial charge on any atom is -0.478 e. The number of terminal acetylenes is 1. The number of aromatic carboxylic acids is 1. The molecule has 0 spiro atoms. The standard InChI is InChI=1S/C12H14N2O2/c1-3-4-5-6-13-11-7-9(2)14-8-10(11)12(15)16/h1,7-8H,4-6H2,2H3,(H,13,14)(H,15,16). The third-order valence-electron chi connectivity index (χ3n) is 2.08. The Morgan fingerprint density at radius 2 is 2.44 bits per heavy atom. The molecule has 0 bridgehead atoms. The summed E-state index contributed by atoms with van der Waals surface area (Å²) in [5.74, 6) is 1.55. The van der Waals surface area contributed by atoms with Gasteiger partial charge in [-0.15, -0.1) is 12.3 Å². The molecule has 0 saturated carbocycles. The predicted octanol–water partition coefficient (Wildman–Crippen LogP) is 1.91. The van der Waals surface area contributed by atoms with Gasteiger partial charge in [0.1, 0.15) is 5.56 Å². The Hall–Kier alpha value is -2.02. The van der Waals surface area contributed by atoms with Gasteiger partial charge in [-0.25, -0.2) is 4.79 Å². The molecule has 0 radical (unpaired) electrons. The zero-order valence-corrected chi connectivity index (χ0v) is 9.16.